The normalized spacial score (nSPS) is 15.1. The quantitative estimate of drug-likeness (QED) is 0.0146. The molecule has 18 heteroatoms. The zero-order valence-corrected chi connectivity index (χ0v) is 49.4. The Morgan fingerprint density at radius 3 is 1.10 bits per heavy atom. The molecule has 0 aromatic carbocycles. The topological polar surface area (TPSA) is 231 Å². The van der Waals surface area contributed by atoms with Gasteiger partial charge in [0, 0.05) is 19.3 Å². The van der Waals surface area contributed by atoms with Crippen LogP contribution in [-0.4, -0.2) is 95.9 Å². The summed E-state index contributed by atoms with van der Waals surface area (Å²) in [7, 11) is -9.75. The summed E-state index contributed by atoms with van der Waals surface area (Å²) < 4.78 is 60.4. The fraction of sp³-hybridized carbons (Fsp3) is 0.746. The molecule has 0 aromatic rings. The van der Waals surface area contributed by atoms with Crippen molar-refractivity contribution >= 4 is 33.6 Å². The molecule has 0 rings (SSSR count). The van der Waals surface area contributed by atoms with Crippen LogP contribution in [0.3, 0.4) is 0 Å². The molecule has 16 nitrogen and oxygen atoms in total. The van der Waals surface area contributed by atoms with E-state index in [9.17, 15) is 43.5 Å². The second kappa shape index (κ2) is 53.6. The van der Waals surface area contributed by atoms with E-state index >= 15 is 0 Å². The van der Waals surface area contributed by atoms with Gasteiger partial charge in [-0.25, -0.2) is 9.13 Å². The lowest BCUT2D eigenvalue weighted by atomic mass is 10.1. The van der Waals surface area contributed by atoms with Gasteiger partial charge in [-0.1, -0.05) is 184 Å². The van der Waals surface area contributed by atoms with Crippen LogP contribution in [0.2, 0.25) is 0 Å². The summed E-state index contributed by atoms with van der Waals surface area (Å²) in [5.74, 6) is -1.61. The number of carbonyl (C=O) groups excluding carboxylic acids is 3. The van der Waals surface area contributed by atoms with Crippen LogP contribution in [-0.2, 0) is 55.8 Å². The van der Waals surface area contributed by atoms with Gasteiger partial charge in [-0.2, -0.15) is 0 Å². The molecular weight excluding hydrogens is 1030 g/mol. The molecule has 0 heterocycles. The molecule has 0 radical (unpaired) electrons. The summed E-state index contributed by atoms with van der Waals surface area (Å²) in [6, 6.07) is 0. The predicted molar refractivity (Wildman–Crippen MR) is 307 cm³/mol. The molecule has 0 amide bonds. The Hall–Kier alpha value is -3.01. The first-order valence-electron chi connectivity index (χ1n) is 29.2. The highest BCUT2D eigenvalue weighted by Gasteiger charge is 2.29. The maximum Gasteiger partial charge on any atom is 0.472 e. The van der Waals surface area contributed by atoms with Crippen molar-refractivity contribution in [2.45, 2.75) is 245 Å². The van der Waals surface area contributed by atoms with E-state index in [4.69, 9.17) is 32.3 Å². The van der Waals surface area contributed by atoms with E-state index in [1.54, 1.807) is 0 Å². The summed E-state index contributed by atoms with van der Waals surface area (Å²) in [6.45, 7) is 2.40. The molecule has 77 heavy (non-hydrogen) atoms. The fourth-order valence-electron chi connectivity index (χ4n) is 7.34. The van der Waals surface area contributed by atoms with Gasteiger partial charge in [0.05, 0.1) is 26.4 Å². The summed E-state index contributed by atoms with van der Waals surface area (Å²) >= 11 is 0. The van der Waals surface area contributed by atoms with E-state index in [2.05, 4.69) is 93.7 Å². The van der Waals surface area contributed by atoms with Gasteiger partial charge < -0.3 is 34.2 Å². The smallest absolute Gasteiger partial charge is 0.463 e. The highest BCUT2D eigenvalue weighted by Crippen LogP contribution is 2.45. The Balaban J connectivity index is 4.59. The summed E-state index contributed by atoms with van der Waals surface area (Å²) in [5, 5.41) is 20.4. The lowest BCUT2D eigenvalue weighted by molar-refractivity contribution is -0.161. The van der Waals surface area contributed by atoms with Crippen LogP contribution >= 0.6 is 15.6 Å². The number of carbonyl (C=O) groups is 3. The standard InChI is InChI=1S/C59H104O16P2/c1-4-7-10-13-16-19-22-23-24-25-26-27-28-29-32-34-36-39-42-45-57(62)69-48-54(60)49-71-76(65,66)72-50-55(61)51-73-77(67,68)74-53-56(75-59(64)47-44-41-38-35-31-21-18-15-12-9-6-3)52-70-58(63)46-43-40-37-33-30-20-17-14-11-8-5-2/h7,10,14-19,23-24,26-27,54-56,60-61H,4-6,8-9,11-13,20-22,25,28-53H2,1-3H3,(H,65,66)(H,67,68)/b10-7-,17-14-,18-15-,19-16-,24-23-,27-26-. The van der Waals surface area contributed by atoms with Gasteiger partial charge >= 0.3 is 33.6 Å². The molecule has 0 bridgehead atoms. The van der Waals surface area contributed by atoms with E-state index in [0.29, 0.717) is 19.3 Å². The third-order valence-corrected chi connectivity index (χ3v) is 13.8. The first-order chi connectivity index (χ1) is 37.2. The van der Waals surface area contributed by atoms with E-state index in [1.165, 1.54) is 25.7 Å². The third-order valence-electron chi connectivity index (χ3n) is 11.9. The van der Waals surface area contributed by atoms with E-state index in [0.717, 1.165) is 141 Å². The molecule has 0 saturated carbocycles. The number of unbranched alkanes of at least 4 members (excludes halogenated alkanes) is 20. The molecule has 0 fully saturated rings. The van der Waals surface area contributed by atoms with Crippen molar-refractivity contribution < 1.29 is 75.8 Å². The van der Waals surface area contributed by atoms with Crippen molar-refractivity contribution in [2.75, 3.05) is 39.6 Å². The molecule has 0 saturated heterocycles. The molecule has 0 spiro atoms. The summed E-state index contributed by atoms with van der Waals surface area (Å²) in [5.41, 5.74) is 0. The number of rotatable bonds is 55. The molecule has 5 unspecified atom stereocenters. The van der Waals surface area contributed by atoms with Crippen molar-refractivity contribution in [1.82, 2.24) is 0 Å². The van der Waals surface area contributed by atoms with Gasteiger partial charge in [0.25, 0.3) is 0 Å². The van der Waals surface area contributed by atoms with Crippen molar-refractivity contribution in [3.05, 3.63) is 72.9 Å². The van der Waals surface area contributed by atoms with Crippen molar-refractivity contribution in [1.29, 1.82) is 0 Å². The Kier molecular flexibility index (Phi) is 51.5. The van der Waals surface area contributed by atoms with Crippen LogP contribution in [0.25, 0.3) is 0 Å². The van der Waals surface area contributed by atoms with Gasteiger partial charge in [-0.15, -0.1) is 0 Å². The van der Waals surface area contributed by atoms with Crippen LogP contribution < -0.4 is 0 Å². The molecule has 0 aromatic heterocycles. The van der Waals surface area contributed by atoms with Crippen LogP contribution in [0.15, 0.2) is 72.9 Å². The van der Waals surface area contributed by atoms with Gasteiger partial charge in [0.15, 0.2) is 6.10 Å². The predicted octanol–water partition coefficient (Wildman–Crippen LogP) is 14.9. The molecule has 446 valence electrons. The monoisotopic (exact) mass is 1130 g/mol. The van der Waals surface area contributed by atoms with Crippen molar-refractivity contribution in [3.63, 3.8) is 0 Å². The molecule has 0 aliphatic carbocycles. The first kappa shape index (κ1) is 74.0. The largest absolute Gasteiger partial charge is 0.472 e. The minimum Gasteiger partial charge on any atom is -0.463 e. The third kappa shape index (κ3) is 54.7. The number of phosphoric acid groups is 2. The highest BCUT2D eigenvalue weighted by molar-refractivity contribution is 7.47. The van der Waals surface area contributed by atoms with Crippen molar-refractivity contribution in [3.8, 4) is 0 Å². The lowest BCUT2D eigenvalue weighted by Gasteiger charge is -2.21. The molecule has 5 atom stereocenters. The maximum absolute atomic E-state index is 12.8. The number of hydrogen-bond donors (Lipinski definition) is 4. The summed E-state index contributed by atoms with van der Waals surface area (Å²) in [4.78, 5) is 57.9. The average molecular weight is 1130 g/mol. The van der Waals surface area contributed by atoms with E-state index < -0.39 is 91.5 Å². The fourth-order valence-corrected chi connectivity index (χ4v) is 8.93. The Morgan fingerprint density at radius 1 is 0.377 bits per heavy atom. The maximum atomic E-state index is 12.8. The Morgan fingerprint density at radius 2 is 0.688 bits per heavy atom. The van der Waals surface area contributed by atoms with Gasteiger partial charge in [-0.05, 0) is 96.3 Å². The lowest BCUT2D eigenvalue weighted by Crippen LogP contribution is -2.30. The minimum absolute atomic E-state index is 0.0933. The number of allylic oxidation sites excluding steroid dienone is 12. The van der Waals surface area contributed by atoms with Crippen LogP contribution in [0.5, 0.6) is 0 Å². The number of ether oxygens (including phenoxy) is 3. The van der Waals surface area contributed by atoms with Crippen LogP contribution in [0, 0.1) is 0 Å². The highest BCUT2D eigenvalue weighted by atomic mass is 31.2. The Labute approximate surface area is 464 Å². The number of aliphatic hydroxyl groups is 2. The van der Waals surface area contributed by atoms with Gasteiger partial charge in [0.2, 0.25) is 0 Å². The minimum atomic E-state index is -4.91. The van der Waals surface area contributed by atoms with Crippen LogP contribution in [0.1, 0.15) is 226 Å². The summed E-state index contributed by atoms with van der Waals surface area (Å²) in [6.07, 6.45) is 51.3. The molecular formula is C59H104O16P2. The van der Waals surface area contributed by atoms with Gasteiger partial charge in [-0.3, -0.25) is 32.5 Å². The van der Waals surface area contributed by atoms with Gasteiger partial charge in [0.1, 0.15) is 25.4 Å². The molecule has 0 aliphatic heterocycles. The number of aliphatic hydroxyl groups excluding tert-OH is 2. The Bertz CT molecular complexity index is 1710. The SMILES string of the molecule is CC/C=C\C/C=C\C/C=C\C/C=C\CCCCCCCCC(=O)OCC(O)COP(=O)(O)OCC(O)COP(=O)(O)OCC(COC(=O)CCCCCCC/C=C\CCCC)OC(=O)CCCCCCC/C=C\CCCC. The molecule has 0 aliphatic rings. The van der Waals surface area contributed by atoms with Crippen LogP contribution in [0.4, 0.5) is 0 Å². The average Bonchev–Trinajstić information content (AvgIpc) is 3.40. The first-order valence-corrected chi connectivity index (χ1v) is 32.2. The van der Waals surface area contributed by atoms with E-state index in [-0.39, 0.29) is 19.3 Å². The number of esters is 3. The molecule has 4 N–H and O–H groups in total. The second-order valence-electron chi connectivity index (χ2n) is 19.4. The second-order valence-corrected chi connectivity index (χ2v) is 22.3. The number of hydrogen-bond acceptors (Lipinski definition) is 14. The number of phosphoric ester groups is 2. The zero-order chi connectivity index (χ0) is 56.8. The zero-order valence-electron chi connectivity index (χ0n) is 47.6. The van der Waals surface area contributed by atoms with Crippen molar-refractivity contribution in [2.24, 2.45) is 0 Å². The van der Waals surface area contributed by atoms with E-state index in [1.807, 2.05) is 0 Å².